The third-order valence-electron chi connectivity index (χ3n) is 2.64. The fourth-order valence-corrected chi connectivity index (χ4v) is 2.08. The number of hydrogen-bond donors (Lipinski definition) is 1. The maximum Gasteiger partial charge on any atom is 0.0850 e. The van der Waals surface area contributed by atoms with E-state index in [1.54, 1.807) is 10.7 Å². The average Bonchev–Trinajstić information content (AvgIpc) is 2.66. The van der Waals surface area contributed by atoms with Crippen LogP contribution in [0.15, 0.2) is 24.4 Å². The Morgan fingerprint density at radius 3 is 2.82 bits per heavy atom. The number of aromatic nitrogens is 2. The lowest BCUT2D eigenvalue weighted by Gasteiger charge is -2.08. The van der Waals surface area contributed by atoms with Crippen LogP contribution < -0.4 is 5.32 Å². The van der Waals surface area contributed by atoms with Crippen LogP contribution in [0, 0.1) is 6.92 Å². The van der Waals surface area contributed by atoms with Crippen LogP contribution in [0.5, 0.6) is 0 Å². The number of nitrogens with zero attached hydrogens (tertiary/aromatic N) is 2. The fourth-order valence-electron chi connectivity index (χ4n) is 1.71. The van der Waals surface area contributed by atoms with Crippen LogP contribution in [-0.4, -0.2) is 16.8 Å². The highest BCUT2D eigenvalue weighted by atomic mass is 35.5. The first-order chi connectivity index (χ1) is 8.15. The molecule has 2 rings (SSSR count). The van der Waals surface area contributed by atoms with Crippen molar-refractivity contribution in [2.45, 2.75) is 13.5 Å². The minimum absolute atomic E-state index is 0.524. The molecule has 3 nitrogen and oxygen atoms in total. The second-order valence-corrected chi connectivity index (χ2v) is 4.56. The first kappa shape index (κ1) is 12.4. The molecule has 17 heavy (non-hydrogen) atoms. The molecule has 0 saturated carbocycles. The van der Waals surface area contributed by atoms with E-state index in [0.717, 1.165) is 23.5 Å². The summed E-state index contributed by atoms with van der Waals surface area (Å²) in [6.07, 6.45) is 1.84. The third kappa shape index (κ3) is 2.32. The predicted molar refractivity (Wildman–Crippen MR) is 71.1 cm³/mol. The Bertz CT molecular complexity index is 535. The van der Waals surface area contributed by atoms with Gasteiger partial charge in [0.15, 0.2) is 0 Å². The van der Waals surface area contributed by atoms with Gasteiger partial charge in [-0.25, -0.2) is 4.68 Å². The smallest absolute Gasteiger partial charge is 0.0850 e. The Hall–Kier alpha value is -1.03. The van der Waals surface area contributed by atoms with Crippen LogP contribution >= 0.6 is 23.2 Å². The lowest BCUT2D eigenvalue weighted by atomic mass is 10.2. The monoisotopic (exact) mass is 269 g/mol. The molecule has 0 amide bonds. The maximum atomic E-state index is 6.18. The molecular formula is C12H13Cl2N3. The molecule has 0 fully saturated rings. The lowest BCUT2D eigenvalue weighted by Crippen LogP contribution is -2.06. The minimum atomic E-state index is 0.524. The summed E-state index contributed by atoms with van der Waals surface area (Å²) in [6.45, 7) is 2.79. The Labute approximate surface area is 110 Å². The normalized spacial score (nSPS) is 10.8. The van der Waals surface area contributed by atoms with Gasteiger partial charge in [-0.1, -0.05) is 29.3 Å². The van der Waals surface area contributed by atoms with E-state index >= 15 is 0 Å². The summed E-state index contributed by atoms with van der Waals surface area (Å²) >= 11 is 12.2. The Morgan fingerprint density at radius 1 is 1.35 bits per heavy atom. The molecule has 1 aromatic heterocycles. The zero-order valence-corrected chi connectivity index (χ0v) is 11.2. The highest BCUT2D eigenvalue weighted by Crippen LogP contribution is 2.29. The van der Waals surface area contributed by atoms with Crippen LogP contribution in [0.3, 0.4) is 0 Å². The molecule has 0 unspecified atom stereocenters. The van der Waals surface area contributed by atoms with Gasteiger partial charge in [0.1, 0.15) is 0 Å². The van der Waals surface area contributed by atoms with Gasteiger partial charge in [-0.05, 0) is 26.1 Å². The number of hydrogen-bond acceptors (Lipinski definition) is 2. The minimum Gasteiger partial charge on any atom is -0.316 e. The first-order valence-electron chi connectivity index (χ1n) is 5.27. The van der Waals surface area contributed by atoms with Gasteiger partial charge in [0.05, 0.1) is 21.9 Å². The summed E-state index contributed by atoms with van der Waals surface area (Å²) in [4.78, 5) is 0. The molecule has 1 N–H and O–H groups in total. The van der Waals surface area contributed by atoms with Crippen LogP contribution in [0.1, 0.15) is 11.3 Å². The highest BCUT2D eigenvalue weighted by molar-refractivity contribution is 6.43. The van der Waals surface area contributed by atoms with Crippen molar-refractivity contribution in [3.8, 4) is 5.69 Å². The first-order valence-corrected chi connectivity index (χ1v) is 6.03. The quantitative estimate of drug-likeness (QED) is 0.928. The topological polar surface area (TPSA) is 29.9 Å². The molecule has 1 aromatic carbocycles. The standard InChI is InChI=1S/C12H13Cl2N3/c1-8-9(6-15-2)7-16-17(8)11-5-3-4-10(13)12(11)14/h3-5,7,15H,6H2,1-2H3. The third-order valence-corrected chi connectivity index (χ3v) is 3.45. The van der Waals surface area contributed by atoms with Gasteiger partial charge >= 0.3 is 0 Å². The van der Waals surface area contributed by atoms with Crippen molar-refractivity contribution in [3.63, 3.8) is 0 Å². The van der Waals surface area contributed by atoms with Crippen molar-refractivity contribution < 1.29 is 0 Å². The SMILES string of the molecule is CNCc1cnn(-c2cccc(Cl)c2Cl)c1C. The van der Waals surface area contributed by atoms with Crippen LogP contribution in [0.4, 0.5) is 0 Å². The molecule has 0 spiro atoms. The zero-order chi connectivity index (χ0) is 12.4. The molecule has 0 aliphatic rings. The summed E-state index contributed by atoms with van der Waals surface area (Å²) < 4.78 is 1.81. The summed E-state index contributed by atoms with van der Waals surface area (Å²) in [5.41, 5.74) is 3.01. The van der Waals surface area contributed by atoms with Gasteiger partial charge in [0, 0.05) is 17.8 Å². The molecule has 2 aromatic rings. The van der Waals surface area contributed by atoms with E-state index < -0.39 is 0 Å². The number of halogens is 2. The van der Waals surface area contributed by atoms with Crippen molar-refractivity contribution in [2.24, 2.45) is 0 Å². The van der Waals surface area contributed by atoms with E-state index in [1.807, 2.05) is 32.3 Å². The lowest BCUT2D eigenvalue weighted by molar-refractivity contribution is 0.801. The maximum absolute atomic E-state index is 6.18. The van der Waals surface area contributed by atoms with Gasteiger partial charge < -0.3 is 5.32 Å². The van der Waals surface area contributed by atoms with Gasteiger partial charge in [0.2, 0.25) is 0 Å². The Kier molecular flexibility index (Phi) is 3.72. The van der Waals surface area contributed by atoms with Crippen molar-refractivity contribution in [3.05, 3.63) is 45.7 Å². The molecule has 0 aliphatic heterocycles. The number of rotatable bonds is 3. The van der Waals surface area contributed by atoms with Gasteiger partial charge in [-0.2, -0.15) is 5.10 Å². The summed E-state index contributed by atoms with van der Waals surface area (Å²) in [5, 5.41) is 8.50. The molecule has 0 radical (unpaired) electrons. The highest BCUT2D eigenvalue weighted by Gasteiger charge is 2.11. The Morgan fingerprint density at radius 2 is 2.12 bits per heavy atom. The molecule has 1 heterocycles. The molecule has 5 heteroatoms. The van der Waals surface area contributed by atoms with E-state index in [9.17, 15) is 0 Å². The number of benzene rings is 1. The Balaban J connectivity index is 2.50. The van der Waals surface area contributed by atoms with Gasteiger partial charge in [0.25, 0.3) is 0 Å². The second-order valence-electron chi connectivity index (χ2n) is 3.77. The van der Waals surface area contributed by atoms with Crippen molar-refractivity contribution in [2.75, 3.05) is 7.05 Å². The van der Waals surface area contributed by atoms with Crippen LogP contribution in [0.2, 0.25) is 10.0 Å². The zero-order valence-electron chi connectivity index (χ0n) is 9.67. The van der Waals surface area contributed by atoms with E-state index in [1.165, 1.54) is 0 Å². The average molecular weight is 270 g/mol. The molecule has 0 saturated heterocycles. The largest absolute Gasteiger partial charge is 0.316 e. The summed E-state index contributed by atoms with van der Waals surface area (Å²) in [6, 6.07) is 5.53. The van der Waals surface area contributed by atoms with Crippen LogP contribution in [-0.2, 0) is 6.54 Å². The molecule has 0 aliphatic carbocycles. The van der Waals surface area contributed by atoms with E-state index in [2.05, 4.69) is 10.4 Å². The number of nitrogens with one attached hydrogen (secondary N) is 1. The molecular weight excluding hydrogens is 257 g/mol. The summed E-state index contributed by atoms with van der Waals surface area (Å²) in [5.74, 6) is 0. The molecule has 0 bridgehead atoms. The van der Waals surface area contributed by atoms with Crippen molar-refractivity contribution >= 4 is 23.2 Å². The van der Waals surface area contributed by atoms with Crippen molar-refractivity contribution in [1.29, 1.82) is 0 Å². The summed E-state index contributed by atoms with van der Waals surface area (Å²) in [7, 11) is 1.91. The van der Waals surface area contributed by atoms with E-state index in [0.29, 0.717) is 10.0 Å². The van der Waals surface area contributed by atoms with E-state index in [-0.39, 0.29) is 0 Å². The molecule has 0 atom stereocenters. The molecule has 90 valence electrons. The predicted octanol–water partition coefficient (Wildman–Crippen LogP) is 3.21. The second kappa shape index (κ2) is 5.08. The van der Waals surface area contributed by atoms with Crippen molar-refractivity contribution in [1.82, 2.24) is 15.1 Å². The van der Waals surface area contributed by atoms with E-state index in [4.69, 9.17) is 23.2 Å². The van der Waals surface area contributed by atoms with Gasteiger partial charge in [-0.15, -0.1) is 0 Å². The van der Waals surface area contributed by atoms with Crippen LogP contribution in [0.25, 0.3) is 5.69 Å². The fraction of sp³-hybridized carbons (Fsp3) is 0.250. The van der Waals surface area contributed by atoms with Gasteiger partial charge in [-0.3, -0.25) is 0 Å².